The second-order valence-electron chi connectivity index (χ2n) is 20.6. The average Bonchev–Trinajstić information content (AvgIpc) is 3.74. The van der Waals surface area contributed by atoms with E-state index in [1.807, 2.05) is 13.8 Å². The second kappa shape index (κ2) is 26.0. The molecule has 0 aromatic heterocycles. The number of nitrogens with one attached hydrogen (secondary N) is 6. The number of nitrogens with zero attached hydrogens (tertiary/aromatic N) is 2. The standard InChI is InChI=1S/C59H72N8O8/c1-39(2)35-46(57(74)65-75)63-53(70)38-61-52(69)37-62-56(73)45(64-55(72)42-24-19-23-41(36-42)54(71)40-21-9-8-10-22-40)27-15-17-33-60-51(68)32-16-18-34-67-48-29-14-12-26-44(48)59(5,6)50(67)31-20-30-49-58(3,4)43-25-11-13-28-47(43)66(49)7/h8-14,19-26,28-31,36,39,45-46H,15-18,27,32-35,37-38H2,1-7H3,(H6-,60,61,62,63,64,65,68,69,70,72,73,74,75)/p+1/t45-,46-/m0/s1. The molecule has 2 atom stereocenters. The van der Waals surface area contributed by atoms with E-state index in [2.05, 4.69) is 138 Å². The summed E-state index contributed by atoms with van der Waals surface area (Å²) in [6.45, 7) is 12.8. The maximum atomic E-state index is 13.6. The van der Waals surface area contributed by atoms with E-state index in [1.54, 1.807) is 42.5 Å². The molecule has 7 N–H and O–H groups in total. The van der Waals surface area contributed by atoms with Crippen LogP contribution in [0.1, 0.15) is 124 Å². The lowest BCUT2D eigenvalue weighted by Gasteiger charge is -2.27. The highest BCUT2D eigenvalue weighted by molar-refractivity contribution is 6.10. The SMILES string of the molecule is CC(C)C[C@H](NC(=O)CNC(=O)CNC(=O)[C@H](CCCCNC(=O)CCCCN1/C(=C/C=C/C2=[N+](C)c3ccccc3C2(C)C)C(C)(C)c2ccccc21)NC(=O)c1cccc(C(=O)c2ccccc2)c1)C(=O)NO. The van der Waals surface area contributed by atoms with Crippen LogP contribution >= 0.6 is 0 Å². The quantitative estimate of drug-likeness (QED) is 0.0124. The van der Waals surface area contributed by atoms with Gasteiger partial charge in [-0.3, -0.25) is 38.8 Å². The Kier molecular flexibility index (Phi) is 19.6. The molecule has 6 amide bonds. The second-order valence-corrected chi connectivity index (χ2v) is 20.6. The lowest BCUT2D eigenvalue weighted by atomic mass is 9.81. The molecule has 2 aliphatic rings. The van der Waals surface area contributed by atoms with Gasteiger partial charge in [-0.15, -0.1) is 0 Å². The molecular formula is C59H73N8O8+. The van der Waals surface area contributed by atoms with E-state index < -0.39 is 54.7 Å². The monoisotopic (exact) mass is 1020 g/mol. The van der Waals surface area contributed by atoms with Crippen LogP contribution in [0.3, 0.4) is 0 Å². The zero-order valence-electron chi connectivity index (χ0n) is 44.3. The number of allylic oxidation sites excluding steroid dienone is 4. The molecule has 6 rings (SSSR count). The third kappa shape index (κ3) is 14.5. The van der Waals surface area contributed by atoms with Crippen LogP contribution in [0.2, 0.25) is 0 Å². The van der Waals surface area contributed by atoms with Gasteiger partial charge in [0, 0.05) is 70.7 Å². The van der Waals surface area contributed by atoms with Gasteiger partial charge in [0.2, 0.25) is 29.3 Å². The fraction of sp³-hybridized carbons (Fsp3) is 0.390. The molecule has 0 saturated heterocycles. The third-order valence-electron chi connectivity index (χ3n) is 13.9. The van der Waals surface area contributed by atoms with Crippen LogP contribution in [0, 0.1) is 5.92 Å². The first-order chi connectivity index (χ1) is 35.8. The van der Waals surface area contributed by atoms with Crippen molar-refractivity contribution in [3.05, 3.63) is 155 Å². The number of anilines is 1. The normalized spacial score (nSPS) is 15.5. The molecule has 16 nitrogen and oxygen atoms in total. The van der Waals surface area contributed by atoms with E-state index in [0.29, 0.717) is 37.8 Å². The van der Waals surface area contributed by atoms with E-state index >= 15 is 0 Å². The summed E-state index contributed by atoms with van der Waals surface area (Å²) in [6, 6.07) is 29.7. The Bertz CT molecular complexity index is 2830. The van der Waals surface area contributed by atoms with Crippen LogP contribution in [0.4, 0.5) is 11.4 Å². The van der Waals surface area contributed by atoms with Crippen molar-refractivity contribution in [3.63, 3.8) is 0 Å². The number of carbonyl (C=O) groups excluding carboxylic acids is 7. The van der Waals surface area contributed by atoms with Crippen molar-refractivity contribution in [1.29, 1.82) is 0 Å². The zero-order chi connectivity index (χ0) is 54.3. The molecule has 4 aromatic rings. The number of amides is 6. The molecule has 396 valence electrons. The summed E-state index contributed by atoms with van der Waals surface area (Å²) in [7, 11) is 2.12. The van der Waals surface area contributed by atoms with E-state index in [9.17, 15) is 33.6 Å². The Morgan fingerprint density at radius 1 is 0.653 bits per heavy atom. The molecule has 75 heavy (non-hydrogen) atoms. The number of hydroxylamine groups is 1. The first-order valence-corrected chi connectivity index (χ1v) is 25.8. The van der Waals surface area contributed by atoms with Crippen molar-refractivity contribution in [2.45, 2.75) is 109 Å². The fourth-order valence-corrected chi connectivity index (χ4v) is 9.89. The number of hydrogen-bond donors (Lipinski definition) is 7. The smallest absolute Gasteiger partial charge is 0.265 e. The van der Waals surface area contributed by atoms with Crippen LogP contribution in [0.15, 0.2) is 127 Å². The summed E-state index contributed by atoms with van der Waals surface area (Å²) < 4.78 is 2.27. The zero-order valence-corrected chi connectivity index (χ0v) is 44.3. The molecule has 0 saturated carbocycles. The van der Waals surface area contributed by atoms with E-state index in [0.717, 1.165) is 13.0 Å². The number of para-hydroxylation sites is 2. The maximum absolute atomic E-state index is 13.6. The van der Waals surface area contributed by atoms with Gasteiger partial charge in [0.1, 0.15) is 19.1 Å². The van der Waals surface area contributed by atoms with Gasteiger partial charge in [0.25, 0.3) is 11.8 Å². The fourth-order valence-electron chi connectivity index (χ4n) is 9.89. The van der Waals surface area contributed by atoms with Crippen LogP contribution < -0.4 is 37.0 Å². The Morgan fingerprint density at radius 2 is 1.32 bits per heavy atom. The van der Waals surface area contributed by atoms with Crippen molar-refractivity contribution < 1.29 is 43.3 Å². The number of fused-ring (bicyclic) bond motifs is 2. The molecule has 0 aliphatic carbocycles. The molecule has 0 spiro atoms. The van der Waals surface area contributed by atoms with Crippen LogP contribution in [0.25, 0.3) is 0 Å². The van der Waals surface area contributed by atoms with Crippen molar-refractivity contribution >= 4 is 58.3 Å². The summed E-state index contributed by atoms with van der Waals surface area (Å²) in [4.78, 5) is 93.2. The predicted molar refractivity (Wildman–Crippen MR) is 290 cm³/mol. The van der Waals surface area contributed by atoms with Crippen molar-refractivity contribution in [1.82, 2.24) is 32.1 Å². The van der Waals surface area contributed by atoms with Gasteiger partial charge in [-0.1, -0.05) is 113 Å². The minimum absolute atomic E-state index is 0.0160. The Hall–Kier alpha value is -7.72. The Balaban J connectivity index is 1.01. The van der Waals surface area contributed by atoms with Crippen molar-refractivity contribution in [3.8, 4) is 0 Å². The summed E-state index contributed by atoms with van der Waals surface area (Å²) >= 11 is 0. The van der Waals surface area contributed by atoms with E-state index in [4.69, 9.17) is 5.21 Å². The van der Waals surface area contributed by atoms with Crippen LogP contribution in [0.5, 0.6) is 0 Å². The highest BCUT2D eigenvalue weighted by Crippen LogP contribution is 2.48. The number of unbranched alkanes of at least 4 members (excludes halogenated alkanes) is 2. The molecular weight excluding hydrogens is 949 g/mol. The van der Waals surface area contributed by atoms with Crippen LogP contribution in [-0.2, 0) is 34.8 Å². The average molecular weight is 1020 g/mol. The van der Waals surface area contributed by atoms with Gasteiger partial charge in [0.15, 0.2) is 11.5 Å². The number of rotatable bonds is 25. The summed E-state index contributed by atoms with van der Waals surface area (Å²) in [5.41, 5.74) is 9.44. The summed E-state index contributed by atoms with van der Waals surface area (Å²) in [5, 5.41) is 22.2. The Labute approximate surface area is 440 Å². The molecule has 2 heterocycles. The van der Waals surface area contributed by atoms with E-state index in [1.165, 1.54) is 51.5 Å². The first-order valence-electron chi connectivity index (χ1n) is 25.8. The highest BCUT2D eigenvalue weighted by atomic mass is 16.5. The van der Waals surface area contributed by atoms with Crippen molar-refractivity contribution in [2.75, 3.05) is 38.1 Å². The molecule has 0 radical (unpaired) electrons. The summed E-state index contributed by atoms with van der Waals surface area (Å²) in [6.07, 6.45) is 9.74. The third-order valence-corrected chi connectivity index (χ3v) is 13.9. The molecule has 4 aromatic carbocycles. The topological polar surface area (TPSA) is 218 Å². The first kappa shape index (κ1) is 56.6. The highest BCUT2D eigenvalue weighted by Gasteiger charge is 2.43. The van der Waals surface area contributed by atoms with Gasteiger partial charge >= 0.3 is 0 Å². The number of hydrogen-bond acceptors (Lipinski definition) is 9. The molecule has 0 fully saturated rings. The minimum Gasteiger partial charge on any atom is -0.356 e. The van der Waals surface area contributed by atoms with E-state index in [-0.39, 0.29) is 52.4 Å². The van der Waals surface area contributed by atoms with Gasteiger partial charge in [-0.2, -0.15) is 4.58 Å². The minimum atomic E-state index is -1.10. The van der Waals surface area contributed by atoms with Gasteiger partial charge in [0.05, 0.1) is 18.5 Å². The Morgan fingerprint density at radius 3 is 2.04 bits per heavy atom. The number of benzene rings is 4. The maximum Gasteiger partial charge on any atom is 0.265 e. The van der Waals surface area contributed by atoms with Crippen LogP contribution in [-0.4, -0.2) is 102 Å². The van der Waals surface area contributed by atoms with Gasteiger partial charge in [-0.05, 0) is 88.1 Å². The molecule has 0 unspecified atom stereocenters. The van der Waals surface area contributed by atoms with Gasteiger partial charge in [-0.25, -0.2) is 5.48 Å². The largest absolute Gasteiger partial charge is 0.356 e. The van der Waals surface area contributed by atoms with Crippen molar-refractivity contribution in [2.24, 2.45) is 5.92 Å². The lowest BCUT2D eigenvalue weighted by molar-refractivity contribution is -0.401. The number of ketones is 1. The molecule has 0 bridgehead atoms. The number of carbonyl (C=O) groups is 7. The molecule has 2 aliphatic heterocycles. The molecule has 16 heteroatoms. The summed E-state index contributed by atoms with van der Waals surface area (Å²) in [5.74, 6) is -3.79. The van der Waals surface area contributed by atoms with Gasteiger partial charge < -0.3 is 31.5 Å². The predicted octanol–water partition coefficient (Wildman–Crippen LogP) is 6.69. The lowest BCUT2D eigenvalue weighted by Crippen LogP contribution is -2.51.